The quantitative estimate of drug-likeness (QED) is 0.348. The Hall–Kier alpha value is -2.25. The molecule has 202 valence electrons. The standard InChI is InChI=1S/C22H21F9O2S.CH2O/c1-3-33-19(14-7-16(21(26,27)28)9-17(8-14)22(29,30)31)11-34-10-18(32)13-4-12(2)5-15(6-13)20(23,24)25;1-2/h4-9,18-19,32H,3,10-11H2,1-2H3;1H2. The molecule has 13 heteroatoms. The van der Waals surface area contributed by atoms with Crippen molar-refractivity contribution >= 4 is 18.6 Å². The molecule has 2 atom stereocenters. The lowest BCUT2D eigenvalue weighted by molar-refractivity contribution is -0.143. The Morgan fingerprint density at radius 3 is 1.67 bits per heavy atom. The molecular weight excluding hydrogens is 527 g/mol. The van der Waals surface area contributed by atoms with E-state index in [2.05, 4.69) is 0 Å². The summed E-state index contributed by atoms with van der Waals surface area (Å²) in [5.41, 5.74) is -3.99. The maximum absolute atomic E-state index is 13.2. The number of hydrogen-bond acceptors (Lipinski definition) is 4. The van der Waals surface area contributed by atoms with Gasteiger partial charge in [-0.1, -0.05) is 11.6 Å². The van der Waals surface area contributed by atoms with Gasteiger partial charge in [0.05, 0.1) is 28.9 Å². The van der Waals surface area contributed by atoms with Crippen LogP contribution in [0.3, 0.4) is 0 Å². The van der Waals surface area contributed by atoms with Crippen molar-refractivity contribution in [1.82, 2.24) is 0 Å². The SMILES string of the molecule is C=O.CCOC(CSCC(O)c1cc(C)cc(C(F)(F)F)c1)c1cc(C(F)(F)F)cc(C(F)(F)F)c1. The molecule has 0 fully saturated rings. The van der Waals surface area contributed by atoms with Crippen molar-refractivity contribution in [2.75, 3.05) is 18.1 Å². The van der Waals surface area contributed by atoms with Gasteiger partial charge in [0.25, 0.3) is 0 Å². The molecule has 0 radical (unpaired) electrons. The van der Waals surface area contributed by atoms with Gasteiger partial charge in [-0.15, -0.1) is 0 Å². The molecule has 2 aromatic rings. The molecule has 0 aliphatic carbocycles. The number of alkyl halides is 9. The molecule has 2 unspecified atom stereocenters. The van der Waals surface area contributed by atoms with Crippen molar-refractivity contribution in [3.63, 3.8) is 0 Å². The summed E-state index contributed by atoms with van der Waals surface area (Å²) in [4.78, 5) is 8.00. The first kappa shape index (κ1) is 31.8. The van der Waals surface area contributed by atoms with Gasteiger partial charge in [0, 0.05) is 18.1 Å². The smallest absolute Gasteiger partial charge is 0.388 e. The van der Waals surface area contributed by atoms with Crippen molar-refractivity contribution < 1.29 is 54.2 Å². The van der Waals surface area contributed by atoms with Gasteiger partial charge in [0.2, 0.25) is 0 Å². The second-order valence-electron chi connectivity index (χ2n) is 7.47. The summed E-state index contributed by atoms with van der Waals surface area (Å²) in [5, 5.41) is 10.3. The lowest BCUT2D eigenvalue weighted by Crippen LogP contribution is -2.15. The number of thioether (sulfide) groups is 1. The summed E-state index contributed by atoms with van der Waals surface area (Å²) in [6, 6.07) is 4.23. The average Bonchev–Trinajstić information content (AvgIpc) is 2.77. The zero-order valence-electron chi connectivity index (χ0n) is 19.0. The second-order valence-corrected chi connectivity index (χ2v) is 8.54. The maximum atomic E-state index is 13.2. The fourth-order valence-electron chi connectivity index (χ4n) is 3.16. The van der Waals surface area contributed by atoms with Crippen LogP contribution >= 0.6 is 11.8 Å². The minimum Gasteiger partial charge on any atom is -0.388 e. The number of aliphatic hydroxyl groups is 1. The van der Waals surface area contributed by atoms with Crippen LogP contribution in [0.5, 0.6) is 0 Å². The number of carbonyl (C=O) groups excluding carboxylic acids is 1. The van der Waals surface area contributed by atoms with Crippen molar-refractivity contribution in [2.24, 2.45) is 0 Å². The highest BCUT2D eigenvalue weighted by molar-refractivity contribution is 7.99. The number of benzene rings is 2. The molecule has 3 nitrogen and oxygen atoms in total. The summed E-state index contributed by atoms with van der Waals surface area (Å²) >= 11 is 0.926. The highest BCUT2D eigenvalue weighted by atomic mass is 32.2. The summed E-state index contributed by atoms with van der Waals surface area (Å²) in [6.07, 6.45) is -17.2. The van der Waals surface area contributed by atoms with Crippen LogP contribution in [0.1, 0.15) is 52.5 Å². The fourth-order valence-corrected chi connectivity index (χ4v) is 4.21. The molecule has 0 amide bonds. The van der Waals surface area contributed by atoms with E-state index in [1.54, 1.807) is 0 Å². The van der Waals surface area contributed by atoms with E-state index in [0.29, 0.717) is 12.1 Å². The summed E-state index contributed by atoms with van der Waals surface area (Å²) in [7, 11) is 0. The zero-order chi connectivity index (χ0) is 27.9. The predicted octanol–water partition coefficient (Wildman–Crippen LogP) is 7.41. The Morgan fingerprint density at radius 1 is 0.778 bits per heavy atom. The van der Waals surface area contributed by atoms with E-state index in [-0.39, 0.29) is 40.9 Å². The van der Waals surface area contributed by atoms with E-state index < -0.39 is 47.4 Å². The number of carbonyl (C=O) groups is 1. The van der Waals surface area contributed by atoms with Gasteiger partial charge < -0.3 is 14.6 Å². The van der Waals surface area contributed by atoms with E-state index in [1.165, 1.54) is 19.9 Å². The third-order valence-corrected chi connectivity index (χ3v) is 5.80. The largest absolute Gasteiger partial charge is 0.416 e. The molecule has 1 N–H and O–H groups in total. The first-order valence-electron chi connectivity index (χ1n) is 10.2. The number of aliphatic hydroxyl groups excluding tert-OH is 1. The third-order valence-electron chi connectivity index (χ3n) is 4.71. The van der Waals surface area contributed by atoms with Crippen molar-refractivity contribution in [3.05, 3.63) is 69.8 Å². The summed E-state index contributed by atoms with van der Waals surface area (Å²) in [5.74, 6) is -0.295. The van der Waals surface area contributed by atoms with Crippen molar-refractivity contribution in [3.8, 4) is 0 Å². The van der Waals surface area contributed by atoms with Crippen LogP contribution in [0.25, 0.3) is 0 Å². The predicted molar refractivity (Wildman–Crippen MR) is 116 cm³/mol. The van der Waals surface area contributed by atoms with Gasteiger partial charge in [-0.2, -0.15) is 51.3 Å². The minimum absolute atomic E-state index is 0.00814. The molecule has 36 heavy (non-hydrogen) atoms. The number of aryl methyl sites for hydroxylation is 1. The lowest BCUT2D eigenvalue weighted by Gasteiger charge is -2.21. The second kappa shape index (κ2) is 12.8. The average molecular weight is 550 g/mol. The van der Waals surface area contributed by atoms with E-state index >= 15 is 0 Å². The van der Waals surface area contributed by atoms with E-state index in [1.807, 2.05) is 6.79 Å². The van der Waals surface area contributed by atoms with E-state index in [4.69, 9.17) is 9.53 Å². The fraction of sp³-hybridized carbons (Fsp3) is 0.435. The van der Waals surface area contributed by atoms with E-state index in [0.717, 1.165) is 23.9 Å². The molecule has 0 saturated carbocycles. The van der Waals surface area contributed by atoms with Gasteiger partial charge in [-0.25, -0.2) is 0 Å². The van der Waals surface area contributed by atoms with Crippen LogP contribution in [0.4, 0.5) is 39.5 Å². The van der Waals surface area contributed by atoms with Crippen LogP contribution in [-0.4, -0.2) is 30.0 Å². The molecule has 0 aliphatic heterocycles. The van der Waals surface area contributed by atoms with Crippen LogP contribution in [0, 0.1) is 6.92 Å². The molecule has 0 aliphatic rings. The highest BCUT2D eigenvalue weighted by Crippen LogP contribution is 2.39. The Morgan fingerprint density at radius 2 is 1.22 bits per heavy atom. The van der Waals surface area contributed by atoms with Crippen LogP contribution in [0.2, 0.25) is 0 Å². The molecule has 0 saturated heterocycles. The highest BCUT2D eigenvalue weighted by Gasteiger charge is 2.37. The van der Waals surface area contributed by atoms with Crippen LogP contribution in [0.15, 0.2) is 36.4 Å². The van der Waals surface area contributed by atoms with Crippen molar-refractivity contribution in [1.29, 1.82) is 0 Å². The van der Waals surface area contributed by atoms with Gasteiger partial charge in [0.1, 0.15) is 6.79 Å². The lowest BCUT2D eigenvalue weighted by atomic mass is 10.0. The topological polar surface area (TPSA) is 46.5 Å². The molecule has 2 rings (SSSR count). The van der Waals surface area contributed by atoms with Crippen LogP contribution < -0.4 is 0 Å². The van der Waals surface area contributed by atoms with E-state index in [9.17, 15) is 44.6 Å². The first-order chi connectivity index (χ1) is 16.5. The summed E-state index contributed by atoms with van der Waals surface area (Å²) in [6.45, 7) is 4.92. The number of halogens is 9. The van der Waals surface area contributed by atoms with Gasteiger partial charge in [-0.3, -0.25) is 0 Å². The molecule has 2 aromatic carbocycles. The Bertz CT molecular complexity index is 956. The molecular formula is C23H23F9O3S. The van der Waals surface area contributed by atoms with Gasteiger partial charge in [-0.05, 0) is 55.3 Å². The number of rotatable bonds is 8. The molecule has 0 bridgehead atoms. The number of hydrogen-bond donors (Lipinski definition) is 1. The zero-order valence-corrected chi connectivity index (χ0v) is 19.8. The van der Waals surface area contributed by atoms with Crippen LogP contribution in [-0.2, 0) is 28.1 Å². The Labute approximate surface area is 205 Å². The van der Waals surface area contributed by atoms with Crippen molar-refractivity contribution in [2.45, 2.75) is 44.6 Å². The number of ether oxygens (including phenoxy) is 1. The van der Waals surface area contributed by atoms with Gasteiger partial charge in [0.15, 0.2) is 0 Å². The Balaban J connectivity index is 0.00000316. The first-order valence-corrected chi connectivity index (χ1v) is 11.3. The normalized spacial score (nSPS) is 14.1. The minimum atomic E-state index is -5.02. The van der Waals surface area contributed by atoms with Gasteiger partial charge >= 0.3 is 18.5 Å². The molecule has 0 aromatic heterocycles. The molecule has 0 spiro atoms. The molecule has 0 heterocycles. The maximum Gasteiger partial charge on any atom is 0.416 e. The third kappa shape index (κ3) is 9.32. The monoisotopic (exact) mass is 550 g/mol. The Kier molecular flexibility index (Phi) is 11.3. The summed E-state index contributed by atoms with van der Waals surface area (Å²) < 4.78 is 123.